The van der Waals surface area contributed by atoms with E-state index >= 15 is 0 Å². The molecular weight excluding hydrogens is 428 g/mol. The maximum Gasteiger partial charge on any atom is 0.269 e. The van der Waals surface area contributed by atoms with E-state index in [0.717, 1.165) is 41.8 Å². The van der Waals surface area contributed by atoms with E-state index in [-0.39, 0.29) is 11.8 Å². The molecule has 1 spiro atoms. The molecule has 1 atom stereocenters. The second-order valence-electron chi connectivity index (χ2n) is 8.64. The fourth-order valence-corrected chi connectivity index (χ4v) is 6.31. The number of carbonyl (C=O) groups excluding carboxylic acids is 2. The van der Waals surface area contributed by atoms with Crippen LogP contribution in [-0.2, 0) is 27.4 Å². The predicted octanol–water partition coefficient (Wildman–Crippen LogP) is 5.90. The molecule has 0 bridgehead atoms. The van der Waals surface area contributed by atoms with Crippen LogP contribution >= 0.6 is 11.8 Å². The highest BCUT2D eigenvalue weighted by Crippen LogP contribution is 2.54. The van der Waals surface area contributed by atoms with Gasteiger partial charge in [0.15, 0.2) is 0 Å². The highest BCUT2D eigenvalue weighted by molar-refractivity contribution is 8.01. The summed E-state index contributed by atoms with van der Waals surface area (Å²) < 4.78 is 0. The maximum atomic E-state index is 14.2. The van der Waals surface area contributed by atoms with E-state index in [9.17, 15) is 9.59 Å². The van der Waals surface area contributed by atoms with Crippen molar-refractivity contribution < 1.29 is 9.59 Å². The summed E-state index contributed by atoms with van der Waals surface area (Å²) in [5, 5.41) is 0. The van der Waals surface area contributed by atoms with Gasteiger partial charge in [-0.1, -0.05) is 74.0 Å². The number of benzene rings is 3. The summed E-state index contributed by atoms with van der Waals surface area (Å²) in [7, 11) is 0. The quantitative estimate of drug-likeness (QED) is 0.464. The number of hydrogen-bond donors (Lipinski definition) is 0. The lowest BCUT2D eigenvalue weighted by Crippen LogP contribution is -2.56. The Morgan fingerprint density at radius 1 is 0.879 bits per heavy atom. The highest BCUT2D eigenvalue weighted by Gasteiger charge is 2.58. The first-order valence-electron chi connectivity index (χ1n) is 11.7. The van der Waals surface area contributed by atoms with Crippen molar-refractivity contribution in [2.45, 2.75) is 44.0 Å². The fourth-order valence-electron chi connectivity index (χ4n) is 4.84. The molecule has 5 heteroatoms. The van der Waals surface area contributed by atoms with E-state index in [4.69, 9.17) is 0 Å². The molecule has 3 aromatic carbocycles. The van der Waals surface area contributed by atoms with Gasteiger partial charge in [-0.15, -0.1) is 11.8 Å². The molecule has 2 aliphatic heterocycles. The van der Waals surface area contributed by atoms with E-state index in [1.807, 2.05) is 71.6 Å². The van der Waals surface area contributed by atoms with Crippen molar-refractivity contribution in [1.82, 2.24) is 0 Å². The van der Waals surface area contributed by atoms with E-state index in [1.54, 1.807) is 16.7 Å². The van der Waals surface area contributed by atoms with Crippen molar-refractivity contribution in [2.75, 3.05) is 15.6 Å². The monoisotopic (exact) mass is 456 g/mol. The lowest BCUT2D eigenvalue weighted by molar-refractivity contribution is -0.125. The molecular formula is C28H28N2O2S. The minimum atomic E-state index is -1.06. The lowest BCUT2D eigenvalue weighted by Gasteiger charge is -2.42. The smallest absolute Gasteiger partial charge is 0.269 e. The number of thioether (sulfide) groups is 1. The summed E-state index contributed by atoms with van der Waals surface area (Å²) in [4.78, 5) is 30.1. The minimum absolute atomic E-state index is 0.000211. The number of anilines is 2. The Morgan fingerprint density at radius 2 is 1.61 bits per heavy atom. The van der Waals surface area contributed by atoms with Crippen LogP contribution in [0, 0.1) is 0 Å². The van der Waals surface area contributed by atoms with Gasteiger partial charge in [-0.25, -0.2) is 0 Å². The van der Waals surface area contributed by atoms with E-state index in [1.165, 1.54) is 5.56 Å². The topological polar surface area (TPSA) is 40.6 Å². The SMILES string of the molecule is CCCCc1ccc(N2C(=O)CCSC23C(=O)N(Cc2ccccc2)c2ccccc23)cc1. The number of amides is 2. The average molecular weight is 457 g/mol. The number of para-hydroxylation sites is 1. The molecule has 2 amide bonds. The van der Waals surface area contributed by atoms with Crippen LogP contribution in [0.3, 0.4) is 0 Å². The van der Waals surface area contributed by atoms with Gasteiger partial charge in [0.1, 0.15) is 0 Å². The van der Waals surface area contributed by atoms with Crippen molar-refractivity contribution in [1.29, 1.82) is 0 Å². The van der Waals surface area contributed by atoms with Gasteiger partial charge in [0, 0.05) is 23.4 Å². The molecule has 0 aromatic heterocycles. The first-order chi connectivity index (χ1) is 16.1. The van der Waals surface area contributed by atoms with Gasteiger partial charge < -0.3 is 4.90 Å². The van der Waals surface area contributed by atoms with Crippen LogP contribution in [0.5, 0.6) is 0 Å². The Hall–Kier alpha value is -3.05. The molecule has 2 heterocycles. The van der Waals surface area contributed by atoms with Gasteiger partial charge in [0.2, 0.25) is 10.8 Å². The Kier molecular flexibility index (Phi) is 5.98. The van der Waals surface area contributed by atoms with Crippen molar-refractivity contribution in [3.63, 3.8) is 0 Å². The number of nitrogens with zero attached hydrogens (tertiary/aromatic N) is 2. The van der Waals surface area contributed by atoms with Crippen LogP contribution < -0.4 is 9.80 Å². The Balaban J connectivity index is 1.58. The second-order valence-corrected chi connectivity index (χ2v) is 9.92. The van der Waals surface area contributed by atoms with Gasteiger partial charge in [-0.3, -0.25) is 14.5 Å². The molecule has 0 saturated carbocycles. The minimum Gasteiger partial charge on any atom is -0.304 e. The van der Waals surface area contributed by atoms with Crippen LogP contribution in [0.1, 0.15) is 42.9 Å². The third-order valence-corrected chi connectivity index (χ3v) is 7.89. The van der Waals surface area contributed by atoms with E-state index < -0.39 is 4.87 Å². The molecule has 4 nitrogen and oxygen atoms in total. The van der Waals surface area contributed by atoms with Crippen LogP contribution in [0.2, 0.25) is 0 Å². The van der Waals surface area contributed by atoms with Crippen molar-refractivity contribution in [2.24, 2.45) is 0 Å². The predicted molar refractivity (Wildman–Crippen MR) is 135 cm³/mol. The average Bonchev–Trinajstić information content (AvgIpc) is 3.07. The summed E-state index contributed by atoms with van der Waals surface area (Å²) >= 11 is 1.58. The molecule has 0 aliphatic carbocycles. The number of fused-ring (bicyclic) bond motifs is 2. The standard InChI is InChI=1S/C28H28N2O2S/c1-2-3-9-21-14-16-23(17-15-21)30-26(31)18-19-33-28(30)24-12-7-8-13-25(24)29(27(28)32)20-22-10-5-4-6-11-22/h4-8,10-17H,2-3,9,18-20H2,1H3. The third kappa shape index (κ3) is 3.74. The second kappa shape index (κ2) is 9.06. The first kappa shape index (κ1) is 21.8. The summed E-state index contributed by atoms with van der Waals surface area (Å²) in [5.74, 6) is 0.587. The van der Waals surface area contributed by atoms with Gasteiger partial charge in [0.25, 0.3) is 5.91 Å². The lowest BCUT2D eigenvalue weighted by atomic mass is 10.0. The van der Waals surface area contributed by atoms with E-state index in [0.29, 0.717) is 18.7 Å². The highest BCUT2D eigenvalue weighted by atomic mass is 32.2. The van der Waals surface area contributed by atoms with Crippen LogP contribution in [0.25, 0.3) is 0 Å². The Labute approximate surface area is 199 Å². The summed E-state index contributed by atoms with van der Waals surface area (Å²) in [6.07, 6.45) is 3.74. The number of rotatable bonds is 6. The molecule has 168 valence electrons. The van der Waals surface area contributed by atoms with Gasteiger partial charge in [-0.2, -0.15) is 0 Å². The van der Waals surface area contributed by atoms with Gasteiger partial charge in [-0.05, 0) is 42.2 Å². The molecule has 33 heavy (non-hydrogen) atoms. The number of unbranched alkanes of at least 4 members (excludes halogenated alkanes) is 1. The van der Waals surface area contributed by atoms with Crippen molar-refractivity contribution >= 4 is 35.0 Å². The van der Waals surface area contributed by atoms with Gasteiger partial charge >= 0.3 is 0 Å². The molecule has 1 unspecified atom stereocenters. The Bertz CT molecular complexity index is 1160. The molecule has 0 N–H and O–H groups in total. The fraction of sp³-hybridized carbons (Fsp3) is 0.286. The zero-order chi connectivity index (χ0) is 22.8. The zero-order valence-electron chi connectivity index (χ0n) is 18.9. The summed E-state index contributed by atoms with van der Waals surface area (Å²) in [5.41, 5.74) is 4.90. The molecule has 0 radical (unpaired) electrons. The molecule has 1 saturated heterocycles. The largest absolute Gasteiger partial charge is 0.304 e. The molecule has 5 rings (SSSR count). The summed E-state index contributed by atoms with van der Waals surface area (Å²) in [6.45, 7) is 2.67. The molecule has 3 aromatic rings. The molecule has 2 aliphatic rings. The normalized spacial score (nSPS) is 19.9. The summed E-state index contributed by atoms with van der Waals surface area (Å²) in [6, 6.07) is 26.2. The van der Waals surface area contributed by atoms with Crippen molar-refractivity contribution in [3.8, 4) is 0 Å². The number of aryl methyl sites for hydroxylation is 1. The third-order valence-electron chi connectivity index (χ3n) is 6.48. The van der Waals surface area contributed by atoms with Crippen LogP contribution in [0.4, 0.5) is 11.4 Å². The zero-order valence-corrected chi connectivity index (χ0v) is 19.7. The van der Waals surface area contributed by atoms with Crippen LogP contribution in [0.15, 0.2) is 78.9 Å². The first-order valence-corrected chi connectivity index (χ1v) is 12.6. The van der Waals surface area contributed by atoms with Crippen molar-refractivity contribution in [3.05, 3.63) is 95.6 Å². The van der Waals surface area contributed by atoms with E-state index in [2.05, 4.69) is 19.1 Å². The Morgan fingerprint density at radius 3 is 2.36 bits per heavy atom. The van der Waals surface area contributed by atoms with Crippen LogP contribution in [-0.4, -0.2) is 17.6 Å². The number of carbonyl (C=O) groups is 2. The van der Waals surface area contributed by atoms with Gasteiger partial charge in [0.05, 0.1) is 12.2 Å². The number of hydrogen-bond acceptors (Lipinski definition) is 3. The maximum absolute atomic E-state index is 14.2. The molecule has 1 fully saturated rings.